The number of aromatic nitrogens is 3. The maximum absolute atomic E-state index is 13.2. The molecule has 1 N–H and O–H groups in total. The number of pyridine rings is 1. The lowest BCUT2D eigenvalue weighted by atomic mass is 10.1. The zero-order valence-corrected chi connectivity index (χ0v) is 21.8. The number of halogens is 1. The number of carbonyl (C=O) groups excluding carboxylic acids is 1. The van der Waals surface area contributed by atoms with Crippen LogP contribution in [0.25, 0.3) is 10.9 Å². The van der Waals surface area contributed by atoms with Crippen LogP contribution in [0.3, 0.4) is 0 Å². The molecule has 0 bridgehead atoms. The first kappa shape index (κ1) is 25.9. The van der Waals surface area contributed by atoms with Crippen molar-refractivity contribution in [2.24, 2.45) is 0 Å². The number of likely N-dealkylation sites (N-methyl/N-ethyl adjacent to an activating group) is 1. The number of benzene rings is 1. The second-order valence-electron chi connectivity index (χ2n) is 9.26. The van der Waals surface area contributed by atoms with E-state index < -0.39 is 0 Å². The highest BCUT2D eigenvalue weighted by Gasteiger charge is 2.17. The molecule has 0 amide bonds. The number of Topliss-reactive ketones (excluding diaryl/α,β-unsaturated/α-hetero) is 1. The van der Waals surface area contributed by atoms with E-state index in [2.05, 4.69) is 20.2 Å². The largest absolute Gasteiger partial charge is 0.480 e. The summed E-state index contributed by atoms with van der Waals surface area (Å²) in [7, 11) is 3.91. The predicted octanol–water partition coefficient (Wildman–Crippen LogP) is 4.10. The number of nitrogens with one attached hydrogen (secondary N) is 1. The van der Waals surface area contributed by atoms with Crippen LogP contribution in [-0.4, -0.2) is 65.6 Å². The zero-order valence-electron chi connectivity index (χ0n) is 21.1. The van der Waals surface area contributed by atoms with Crippen molar-refractivity contribution in [1.29, 1.82) is 0 Å². The second kappa shape index (κ2) is 11.7. The van der Waals surface area contributed by atoms with Gasteiger partial charge in [-0.1, -0.05) is 18.5 Å². The third kappa shape index (κ3) is 6.14. The molecule has 0 unspecified atom stereocenters. The Balaban J connectivity index is 1.67. The van der Waals surface area contributed by atoms with Gasteiger partial charge in [0.2, 0.25) is 5.95 Å². The van der Waals surface area contributed by atoms with Crippen molar-refractivity contribution < 1.29 is 9.53 Å². The number of rotatable bonds is 10. The molecule has 0 spiro atoms. The van der Waals surface area contributed by atoms with Gasteiger partial charge in [0.1, 0.15) is 11.6 Å². The number of hydrogen-bond acceptors (Lipinski definition) is 8. The highest BCUT2D eigenvalue weighted by atomic mass is 35.5. The Kier molecular flexibility index (Phi) is 8.43. The normalized spacial score (nSPS) is 13.9. The Morgan fingerprint density at radius 2 is 1.97 bits per heavy atom. The summed E-state index contributed by atoms with van der Waals surface area (Å²) in [5, 5.41) is 4.54. The van der Waals surface area contributed by atoms with E-state index in [0.717, 1.165) is 42.5 Å². The van der Waals surface area contributed by atoms with Crippen LogP contribution in [0, 0.1) is 0 Å². The molecule has 0 radical (unpaired) electrons. The first-order chi connectivity index (χ1) is 17.4. The van der Waals surface area contributed by atoms with Gasteiger partial charge in [-0.2, -0.15) is 4.98 Å². The summed E-state index contributed by atoms with van der Waals surface area (Å²) in [6.45, 7) is 4.69. The minimum Gasteiger partial charge on any atom is -0.480 e. The molecule has 1 fully saturated rings. The lowest BCUT2D eigenvalue weighted by Crippen LogP contribution is -2.31. The number of carbonyl (C=O) groups is 1. The fraction of sp³-hybridized carbons (Fsp3) is 0.462. The molecule has 0 saturated carbocycles. The van der Waals surface area contributed by atoms with Gasteiger partial charge in [0.05, 0.1) is 11.7 Å². The topological polar surface area (TPSA) is 92.6 Å². The van der Waals surface area contributed by atoms with Crippen LogP contribution in [0.1, 0.15) is 32.6 Å². The van der Waals surface area contributed by atoms with E-state index in [1.807, 2.05) is 37.2 Å². The molecule has 0 aliphatic carbocycles. The van der Waals surface area contributed by atoms with E-state index in [1.165, 1.54) is 6.42 Å². The van der Waals surface area contributed by atoms with Gasteiger partial charge in [0, 0.05) is 43.7 Å². The summed E-state index contributed by atoms with van der Waals surface area (Å²) >= 11 is 6.42. The van der Waals surface area contributed by atoms with Crippen LogP contribution < -0.4 is 20.5 Å². The Hall–Kier alpha value is -3.17. The number of ketones is 1. The lowest BCUT2D eigenvalue weighted by molar-refractivity contribution is -0.120. The average molecular weight is 513 g/mol. The molecule has 4 rings (SSSR count). The molecule has 3 heterocycles. The highest BCUT2D eigenvalue weighted by Crippen LogP contribution is 2.28. The fourth-order valence-electron chi connectivity index (χ4n) is 4.15. The van der Waals surface area contributed by atoms with E-state index in [9.17, 15) is 9.59 Å². The van der Waals surface area contributed by atoms with Gasteiger partial charge >= 0.3 is 0 Å². The second-order valence-corrected chi connectivity index (χ2v) is 9.67. The van der Waals surface area contributed by atoms with Gasteiger partial charge in [-0.25, -0.2) is 4.98 Å². The number of nitrogens with zero attached hydrogens (tertiary/aromatic N) is 5. The first-order valence-corrected chi connectivity index (χ1v) is 12.7. The molecule has 1 aliphatic rings. The van der Waals surface area contributed by atoms with E-state index in [0.29, 0.717) is 36.3 Å². The van der Waals surface area contributed by atoms with Crippen molar-refractivity contribution in [2.75, 3.05) is 50.6 Å². The molecule has 192 valence electrons. The SMILES string of the molecule is CCC(=O)COc1cc2cc(Nc3nc(N4CCCCC4)ncc3Cl)ccc2n(CCN(C)C)c1=O. The van der Waals surface area contributed by atoms with Crippen molar-refractivity contribution in [3.05, 3.63) is 45.8 Å². The number of piperidine rings is 1. The van der Waals surface area contributed by atoms with Gasteiger partial charge in [0.25, 0.3) is 5.56 Å². The summed E-state index contributed by atoms with van der Waals surface area (Å²) < 4.78 is 7.33. The first-order valence-electron chi connectivity index (χ1n) is 12.4. The van der Waals surface area contributed by atoms with Gasteiger partial charge in [0.15, 0.2) is 17.4 Å². The molecule has 9 nitrogen and oxygen atoms in total. The van der Waals surface area contributed by atoms with Crippen LogP contribution in [0.5, 0.6) is 5.75 Å². The summed E-state index contributed by atoms with van der Waals surface area (Å²) in [5.74, 6) is 1.29. The number of fused-ring (bicyclic) bond motifs is 1. The van der Waals surface area contributed by atoms with Gasteiger partial charge in [-0.15, -0.1) is 0 Å². The molecule has 1 saturated heterocycles. The minimum atomic E-state index is -0.251. The lowest BCUT2D eigenvalue weighted by Gasteiger charge is -2.26. The van der Waals surface area contributed by atoms with Crippen LogP contribution >= 0.6 is 11.6 Å². The van der Waals surface area contributed by atoms with Crippen molar-refractivity contribution in [1.82, 2.24) is 19.4 Å². The summed E-state index contributed by atoms with van der Waals surface area (Å²) in [6.07, 6.45) is 5.46. The van der Waals surface area contributed by atoms with E-state index in [-0.39, 0.29) is 23.7 Å². The van der Waals surface area contributed by atoms with Crippen LogP contribution in [-0.2, 0) is 11.3 Å². The summed E-state index contributed by atoms with van der Waals surface area (Å²) in [4.78, 5) is 38.3. The van der Waals surface area contributed by atoms with Gasteiger partial charge < -0.3 is 24.4 Å². The Bertz CT molecular complexity index is 1290. The van der Waals surface area contributed by atoms with Crippen molar-refractivity contribution >= 4 is 45.7 Å². The van der Waals surface area contributed by atoms with E-state index >= 15 is 0 Å². The monoisotopic (exact) mass is 512 g/mol. The Morgan fingerprint density at radius 1 is 1.19 bits per heavy atom. The quantitative estimate of drug-likeness (QED) is 0.434. The molecule has 10 heteroatoms. The molecule has 2 aromatic heterocycles. The van der Waals surface area contributed by atoms with Crippen LogP contribution in [0.4, 0.5) is 17.5 Å². The molecule has 0 atom stereocenters. The summed E-state index contributed by atoms with van der Waals surface area (Å²) in [5.41, 5.74) is 1.30. The minimum absolute atomic E-state index is 0.0623. The van der Waals surface area contributed by atoms with Crippen LogP contribution in [0.15, 0.2) is 35.3 Å². The van der Waals surface area contributed by atoms with Crippen molar-refractivity contribution in [2.45, 2.75) is 39.2 Å². The Labute approximate surface area is 216 Å². The molecular formula is C26H33ClN6O3. The fourth-order valence-corrected chi connectivity index (χ4v) is 4.29. The maximum atomic E-state index is 13.2. The molecular weight excluding hydrogens is 480 g/mol. The third-order valence-electron chi connectivity index (χ3n) is 6.25. The predicted molar refractivity (Wildman–Crippen MR) is 144 cm³/mol. The number of hydrogen-bond donors (Lipinski definition) is 1. The summed E-state index contributed by atoms with van der Waals surface area (Å²) in [6, 6.07) is 7.41. The van der Waals surface area contributed by atoms with E-state index in [4.69, 9.17) is 16.3 Å². The zero-order chi connectivity index (χ0) is 25.7. The standard InChI is InChI=1S/C26H33ClN6O3/c1-4-20(34)17-36-23-15-18-14-19(8-9-22(18)33(25(23)35)13-12-31(2)3)29-24-21(27)16-28-26(30-24)32-10-6-5-7-11-32/h8-9,14-16H,4-7,10-13,17H2,1-3H3,(H,28,29,30). The van der Waals surface area contributed by atoms with Crippen LogP contribution in [0.2, 0.25) is 5.02 Å². The average Bonchev–Trinajstić information content (AvgIpc) is 2.88. The smallest absolute Gasteiger partial charge is 0.293 e. The maximum Gasteiger partial charge on any atom is 0.293 e. The molecule has 1 aliphatic heterocycles. The molecule has 3 aromatic rings. The molecule has 36 heavy (non-hydrogen) atoms. The van der Waals surface area contributed by atoms with Gasteiger partial charge in [-0.3, -0.25) is 9.59 Å². The number of anilines is 3. The van der Waals surface area contributed by atoms with Gasteiger partial charge in [-0.05, 0) is 57.6 Å². The number of ether oxygens (including phenoxy) is 1. The third-order valence-corrected chi connectivity index (χ3v) is 6.52. The highest BCUT2D eigenvalue weighted by molar-refractivity contribution is 6.32. The Morgan fingerprint density at radius 3 is 2.69 bits per heavy atom. The molecule has 1 aromatic carbocycles. The van der Waals surface area contributed by atoms with Crippen molar-refractivity contribution in [3.63, 3.8) is 0 Å². The van der Waals surface area contributed by atoms with E-state index in [1.54, 1.807) is 23.8 Å². The van der Waals surface area contributed by atoms with Crippen molar-refractivity contribution in [3.8, 4) is 5.75 Å².